The number of para-hydroxylation sites is 1. The Hall–Kier alpha value is -4.38. The van der Waals surface area contributed by atoms with Crippen LogP contribution in [0, 0.1) is 0 Å². The SMILES string of the molecule is CN(C(=O)C(c1ccccc1)c1ccccc1)c1ccc(N2CCCCc3ccccc32)cc1C(=O)O. The Bertz CT molecular complexity index is 1360. The van der Waals surface area contributed by atoms with Gasteiger partial charge in [-0.25, -0.2) is 4.79 Å². The van der Waals surface area contributed by atoms with Crippen LogP contribution in [0.5, 0.6) is 0 Å². The van der Waals surface area contributed by atoms with E-state index in [0.717, 1.165) is 48.3 Å². The summed E-state index contributed by atoms with van der Waals surface area (Å²) in [7, 11) is 1.66. The molecule has 0 unspecified atom stereocenters. The maximum Gasteiger partial charge on any atom is 0.337 e. The molecule has 1 N–H and O–H groups in total. The number of benzene rings is 4. The monoisotopic (exact) mass is 490 g/mol. The Morgan fingerprint density at radius 1 is 0.811 bits per heavy atom. The number of carboxylic acids is 1. The molecule has 0 atom stereocenters. The van der Waals surface area contributed by atoms with Crippen molar-refractivity contribution in [2.45, 2.75) is 25.2 Å². The molecule has 0 saturated heterocycles. The van der Waals surface area contributed by atoms with E-state index in [1.165, 1.54) is 10.5 Å². The molecule has 0 saturated carbocycles. The van der Waals surface area contributed by atoms with Gasteiger partial charge in [0.2, 0.25) is 5.91 Å². The molecule has 0 radical (unpaired) electrons. The first kappa shape index (κ1) is 24.3. The Kier molecular flexibility index (Phi) is 7.04. The van der Waals surface area contributed by atoms with Gasteiger partial charge in [0, 0.05) is 25.0 Å². The minimum Gasteiger partial charge on any atom is -0.478 e. The van der Waals surface area contributed by atoms with Gasteiger partial charge in [0.05, 0.1) is 17.2 Å². The number of amides is 1. The molecule has 37 heavy (non-hydrogen) atoms. The molecule has 0 fully saturated rings. The van der Waals surface area contributed by atoms with Crippen LogP contribution in [0.1, 0.15) is 45.8 Å². The highest BCUT2D eigenvalue weighted by Gasteiger charge is 2.29. The lowest BCUT2D eigenvalue weighted by molar-refractivity contribution is -0.118. The van der Waals surface area contributed by atoms with E-state index in [2.05, 4.69) is 17.0 Å². The largest absolute Gasteiger partial charge is 0.478 e. The standard InChI is InChI=1S/C32H30N2O3/c1-33(31(35)30(24-14-4-2-5-15-24)25-16-6-3-7-17-25)29-20-19-26(22-27(29)32(36)37)34-21-11-10-13-23-12-8-9-18-28(23)34/h2-9,12,14-20,22,30H,10-11,13,21H2,1H3,(H,36,37). The molecule has 1 amide bonds. The number of nitrogens with zero attached hydrogens (tertiary/aromatic N) is 2. The molecule has 1 aliphatic rings. The average Bonchev–Trinajstić information content (AvgIpc) is 3.16. The van der Waals surface area contributed by atoms with Crippen molar-refractivity contribution in [1.82, 2.24) is 0 Å². The average molecular weight is 491 g/mol. The van der Waals surface area contributed by atoms with Crippen LogP contribution in [0.3, 0.4) is 0 Å². The highest BCUT2D eigenvalue weighted by Crippen LogP contribution is 2.36. The normalized spacial score (nSPS) is 13.1. The van der Waals surface area contributed by atoms with E-state index in [1.54, 1.807) is 19.2 Å². The Labute approximate surface area is 217 Å². The van der Waals surface area contributed by atoms with Crippen molar-refractivity contribution >= 4 is 28.9 Å². The summed E-state index contributed by atoms with van der Waals surface area (Å²) in [6, 6.07) is 32.9. The molecule has 0 aromatic heterocycles. The third-order valence-corrected chi connectivity index (χ3v) is 7.09. The summed E-state index contributed by atoms with van der Waals surface area (Å²) in [5, 5.41) is 10.2. The Morgan fingerprint density at radius 3 is 2.08 bits per heavy atom. The van der Waals surface area contributed by atoms with Gasteiger partial charge in [-0.2, -0.15) is 0 Å². The molecule has 0 bridgehead atoms. The molecule has 0 aliphatic carbocycles. The van der Waals surface area contributed by atoms with Crippen molar-refractivity contribution in [3.05, 3.63) is 125 Å². The second-order valence-corrected chi connectivity index (χ2v) is 9.40. The third kappa shape index (κ3) is 4.98. The van der Waals surface area contributed by atoms with Gasteiger partial charge < -0.3 is 14.9 Å². The van der Waals surface area contributed by atoms with E-state index in [9.17, 15) is 14.7 Å². The van der Waals surface area contributed by atoms with Gasteiger partial charge in [0.25, 0.3) is 0 Å². The summed E-state index contributed by atoms with van der Waals surface area (Å²) in [6.45, 7) is 0.814. The molecule has 1 aliphatic heterocycles. The number of carbonyl (C=O) groups excluding carboxylic acids is 1. The van der Waals surface area contributed by atoms with Crippen LogP contribution in [-0.2, 0) is 11.2 Å². The number of hydrogen-bond acceptors (Lipinski definition) is 3. The summed E-state index contributed by atoms with van der Waals surface area (Å²) in [6.07, 6.45) is 3.12. The highest BCUT2D eigenvalue weighted by atomic mass is 16.4. The first-order valence-corrected chi connectivity index (χ1v) is 12.6. The second kappa shape index (κ2) is 10.7. The number of rotatable bonds is 6. The van der Waals surface area contributed by atoms with Crippen LogP contribution in [-0.4, -0.2) is 30.6 Å². The van der Waals surface area contributed by atoms with E-state index < -0.39 is 11.9 Å². The summed E-state index contributed by atoms with van der Waals surface area (Å²) in [5.41, 5.74) is 5.40. The first-order chi connectivity index (χ1) is 18.0. The van der Waals surface area contributed by atoms with E-state index >= 15 is 0 Å². The summed E-state index contributed by atoms with van der Waals surface area (Å²) < 4.78 is 0. The van der Waals surface area contributed by atoms with Crippen LogP contribution >= 0.6 is 0 Å². The molecule has 186 valence electrons. The topological polar surface area (TPSA) is 60.9 Å². The van der Waals surface area contributed by atoms with Crippen LogP contribution in [0.15, 0.2) is 103 Å². The first-order valence-electron chi connectivity index (χ1n) is 12.6. The maximum absolute atomic E-state index is 13.9. The number of fused-ring (bicyclic) bond motifs is 1. The van der Waals surface area contributed by atoms with Crippen LogP contribution < -0.4 is 9.80 Å². The summed E-state index contributed by atoms with van der Waals surface area (Å²) in [4.78, 5) is 30.1. The van der Waals surface area contributed by atoms with E-state index in [1.807, 2.05) is 78.9 Å². The van der Waals surface area contributed by atoms with Crippen molar-refractivity contribution in [2.75, 3.05) is 23.4 Å². The number of aromatic carboxylic acids is 1. The summed E-state index contributed by atoms with van der Waals surface area (Å²) in [5.74, 6) is -1.80. The van der Waals surface area contributed by atoms with E-state index in [-0.39, 0.29) is 11.5 Å². The number of aryl methyl sites for hydroxylation is 1. The van der Waals surface area contributed by atoms with Gasteiger partial charge in [-0.3, -0.25) is 4.79 Å². The van der Waals surface area contributed by atoms with Gasteiger partial charge in [0.15, 0.2) is 0 Å². The van der Waals surface area contributed by atoms with Crippen molar-refractivity contribution in [2.24, 2.45) is 0 Å². The quantitative estimate of drug-likeness (QED) is 0.329. The zero-order chi connectivity index (χ0) is 25.8. The van der Waals surface area contributed by atoms with Crippen LogP contribution in [0.2, 0.25) is 0 Å². The smallest absolute Gasteiger partial charge is 0.337 e. The molecular weight excluding hydrogens is 460 g/mol. The lowest BCUT2D eigenvalue weighted by atomic mass is 9.90. The van der Waals surface area contributed by atoms with Gasteiger partial charge in [-0.1, -0.05) is 78.9 Å². The molecular formula is C32H30N2O3. The molecule has 5 nitrogen and oxygen atoms in total. The van der Waals surface area contributed by atoms with Gasteiger partial charge >= 0.3 is 5.97 Å². The highest BCUT2D eigenvalue weighted by molar-refractivity contribution is 6.05. The fraction of sp³-hybridized carbons (Fsp3) is 0.188. The predicted molar refractivity (Wildman–Crippen MR) is 148 cm³/mol. The van der Waals surface area contributed by atoms with Crippen molar-refractivity contribution in [3.8, 4) is 0 Å². The Morgan fingerprint density at radius 2 is 1.43 bits per heavy atom. The van der Waals surface area contributed by atoms with Crippen LogP contribution in [0.25, 0.3) is 0 Å². The number of anilines is 3. The summed E-state index contributed by atoms with van der Waals surface area (Å²) >= 11 is 0. The zero-order valence-electron chi connectivity index (χ0n) is 20.9. The fourth-order valence-electron chi connectivity index (χ4n) is 5.20. The molecule has 0 spiro atoms. The maximum atomic E-state index is 13.9. The minimum atomic E-state index is -1.06. The number of likely N-dealkylation sites (N-methyl/N-ethyl adjacent to an activating group) is 1. The molecule has 5 rings (SSSR count). The van der Waals surface area contributed by atoms with Crippen molar-refractivity contribution in [3.63, 3.8) is 0 Å². The molecule has 4 aromatic rings. The lowest BCUT2D eigenvalue weighted by Crippen LogP contribution is -2.33. The van der Waals surface area contributed by atoms with Gasteiger partial charge in [-0.15, -0.1) is 0 Å². The van der Waals surface area contributed by atoms with E-state index in [0.29, 0.717) is 5.69 Å². The fourth-order valence-corrected chi connectivity index (χ4v) is 5.20. The number of hydrogen-bond donors (Lipinski definition) is 1. The van der Waals surface area contributed by atoms with Crippen molar-refractivity contribution in [1.29, 1.82) is 0 Å². The van der Waals surface area contributed by atoms with Gasteiger partial charge in [-0.05, 0) is 60.2 Å². The number of carbonyl (C=O) groups is 2. The Balaban J connectivity index is 1.53. The zero-order valence-corrected chi connectivity index (χ0v) is 20.9. The number of carboxylic acid groups (broad SMARTS) is 1. The molecule has 1 heterocycles. The second-order valence-electron chi connectivity index (χ2n) is 9.40. The van der Waals surface area contributed by atoms with Crippen molar-refractivity contribution < 1.29 is 14.7 Å². The van der Waals surface area contributed by atoms with Crippen LogP contribution in [0.4, 0.5) is 17.1 Å². The lowest BCUT2D eigenvalue weighted by Gasteiger charge is -2.28. The third-order valence-electron chi connectivity index (χ3n) is 7.09. The van der Waals surface area contributed by atoms with E-state index in [4.69, 9.17) is 0 Å². The molecule has 4 aromatic carbocycles. The predicted octanol–water partition coefficient (Wildman–Crippen LogP) is 6.65. The van der Waals surface area contributed by atoms with Gasteiger partial charge in [0.1, 0.15) is 0 Å². The minimum absolute atomic E-state index is 0.106. The molecule has 5 heteroatoms.